The van der Waals surface area contributed by atoms with E-state index in [2.05, 4.69) is 33.1 Å². The molecule has 0 aromatic rings. The lowest BCUT2D eigenvalue weighted by Gasteiger charge is -2.51. The van der Waals surface area contributed by atoms with Gasteiger partial charge in [0.2, 0.25) is 0 Å². The maximum atomic E-state index is 12.8. The lowest BCUT2D eigenvalue weighted by atomic mass is 9.83. The molecule has 5 rings (SSSR count). The Morgan fingerprint density at radius 2 is 2.04 bits per heavy atom. The van der Waals surface area contributed by atoms with E-state index in [-0.39, 0.29) is 42.7 Å². The van der Waals surface area contributed by atoms with Gasteiger partial charge in [0.15, 0.2) is 0 Å². The highest BCUT2D eigenvalue weighted by Gasteiger charge is 2.52. The summed E-state index contributed by atoms with van der Waals surface area (Å²) >= 11 is 0. The Labute approximate surface area is 159 Å². The second-order valence-electron chi connectivity index (χ2n) is 8.46. The van der Waals surface area contributed by atoms with Gasteiger partial charge in [0.05, 0.1) is 12.3 Å². The maximum Gasteiger partial charge on any atom is 0.320 e. The van der Waals surface area contributed by atoms with E-state index in [9.17, 15) is 9.59 Å². The van der Waals surface area contributed by atoms with Crippen LogP contribution in [0.15, 0.2) is 0 Å². The second kappa shape index (κ2) is 6.97. The van der Waals surface area contributed by atoms with Crippen LogP contribution in [0.5, 0.6) is 0 Å². The van der Waals surface area contributed by atoms with Gasteiger partial charge >= 0.3 is 6.03 Å². The Morgan fingerprint density at radius 3 is 2.93 bits per heavy atom. The monoisotopic (exact) mass is 378 g/mol. The molecule has 6 unspecified atom stereocenters. The van der Waals surface area contributed by atoms with Crippen molar-refractivity contribution in [1.82, 2.24) is 31.1 Å². The average molecular weight is 378 g/mol. The number of nitrogens with one attached hydrogen (secondary N) is 4. The molecule has 0 aromatic heterocycles. The normalized spacial score (nSPS) is 45.5. The maximum absolute atomic E-state index is 12.8. The summed E-state index contributed by atoms with van der Waals surface area (Å²) in [6.07, 6.45) is 3.91. The van der Waals surface area contributed by atoms with Gasteiger partial charge < -0.3 is 10.1 Å². The molecule has 9 nitrogen and oxygen atoms in total. The average Bonchev–Trinajstić information content (AvgIpc) is 3.00. The Bertz CT molecular complexity index is 618. The molecule has 150 valence electrons. The minimum absolute atomic E-state index is 0.0233. The summed E-state index contributed by atoms with van der Waals surface area (Å²) in [4.78, 5) is 29.7. The molecule has 4 N–H and O–H groups in total. The van der Waals surface area contributed by atoms with Gasteiger partial charge in [-0.05, 0) is 32.6 Å². The van der Waals surface area contributed by atoms with Crippen LogP contribution in [0.25, 0.3) is 0 Å². The molecule has 5 heterocycles. The molecule has 0 radical (unpaired) electrons. The van der Waals surface area contributed by atoms with Gasteiger partial charge in [-0.25, -0.2) is 4.79 Å². The molecule has 5 aliphatic rings. The van der Waals surface area contributed by atoms with E-state index >= 15 is 0 Å². The number of amides is 2. The molecular weight excluding hydrogens is 348 g/mol. The molecule has 0 spiro atoms. The molecule has 5 aliphatic heterocycles. The van der Waals surface area contributed by atoms with Gasteiger partial charge in [-0.3, -0.25) is 30.5 Å². The highest BCUT2D eigenvalue weighted by atomic mass is 16.5. The molecule has 5 saturated heterocycles. The van der Waals surface area contributed by atoms with E-state index in [0.29, 0.717) is 31.5 Å². The van der Waals surface area contributed by atoms with Crippen LogP contribution in [-0.4, -0.2) is 78.2 Å². The van der Waals surface area contributed by atoms with Gasteiger partial charge in [-0.15, -0.1) is 0 Å². The molecule has 0 aliphatic carbocycles. The number of hydrogen-bond donors (Lipinski definition) is 4. The summed E-state index contributed by atoms with van der Waals surface area (Å²) in [5, 5.41) is 13.4. The summed E-state index contributed by atoms with van der Waals surface area (Å²) in [7, 11) is 0. The Hall–Kier alpha value is -1.26. The molecular formula is C18H30N6O3. The second-order valence-corrected chi connectivity index (χ2v) is 8.46. The first-order valence-electron chi connectivity index (χ1n) is 10.4. The zero-order chi connectivity index (χ0) is 18.5. The third-order valence-corrected chi connectivity index (χ3v) is 6.96. The van der Waals surface area contributed by atoms with Gasteiger partial charge in [0, 0.05) is 38.2 Å². The van der Waals surface area contributed by atoms with Crippen LogP contribution in [0.2, 0.25) is 0 Å². The first-order chi connectivity index (χ1) is 13.1. The van der Waals surface area contributed by atoms with Gasteiger partial charge in [0.1, 0.15) is 24.2 Å². The van der Waals surface area contributed by atoms with Crippen molar-refractivity contribution in [2.75, 3.05) is 19.8 Å². The summed E-state index contributed by atoms with van der Waals surface area (Å²) in [6.45, 7) is 4.33. The van der Waals surface area contributed by atoms with E-state index in [1.165, 1.54) is 0 Å². The highest BCUT2D eigenvalue weighted by molar-refractivity contribution is 5.83. The minimum Gasteiger partial charge on any atom is -0.361 e. The Morgan fingerprint density at radius 1 is 1.15 bits per heavy atom. The quantitative estimate of drug-likeness (QED) is 0.443. The third-order valence-electron chi connectivity index (χ3n) is 6.96. The van der Waals surface area contributed by atoms with Gasteiger partial charge in [-0.1, -0.05) is 0 Å². The van der Waals surface area contributed by atoms with Crippen molar-refractivity contribution in [1.29, 1.82) is 0 Å². The van der Waals surface area contributed by atoms with Crippen LogP contribution in [0, 0.1) is 5.92 Å². The van der Waals surface area contributed by atoms with E-state index in [1.807, 2.05) is 4.90 Å². The fraction of sp³-hybridized carbons (Fsp3) is 0.889. The first-order valence-corrected chi connectivity index (χ1v) is 10.4. The van der Waals surface area contributed by atoms with Crippen LogP contribution < -0.4 is 21.3 Å². The minimum atomic E-state index is -0.187. The molecule has 9 heteroatoms. The van der Waals surface area contributed by atoms with E-state index in [0.717, 1.165) is 32.2 Å². The summed E-state index contributed by atoms with van der Waals surface area (Å²) in [5.74, 6) is 0.406. The van der Waals surface area contributed by atoms with Crippen LogP contribution in [0.3, 0.4) is 0 Å². The number of piperidine rings is 2. The van der Waals surface area contributed by atoms with Crippen LogP contribution in [0.1, 0.15) is 39.0 Å². The predicted octanol–water partition coefficient (Wildman–Crippen LogP) is -0.692. The number of urea groups is 1. The van der Waals surface area contributed by atoms with Gasteiger partial charge in [0.25, 0.3) is 0 Å². The molecule has 7 atom stereocenters. The van der Waals surface area contributed by atoms with Gasteiger partial charge in [-0.2, -0.15) is 0 Å². The van der Waals surface area contributed by atoms with Crippen molar-refractivity contribution in [2.45, 2.75) is 75.8 Å². The largest absolute Gasteiger partial charge is 0.361 e. The summed E-state index contributed by atoms with van der Waals surface area (Å²) in [6, 6.07) is 0.214. The van der Waals surface area contributed by atoms with Crippen molar-refractivity contribution in [3.05, 3.63) is 0 Å². The van der Waals surface area contributed by atoms with E-state index in [4.69, 9.17) is 4.74 Å². The molecule has 0 saturated carbocycles. The molecule has 2 amide bonds. The number of ketones is 1. The first kappa shape index (κ1) is 17.8. The van der Waals surface area contributed by atoms with E-state index < -0.39 is 0 Å². The molecule has 2 bridgehead atoms. The topological polar surface area (TPSA) is 98.0 Å². The van der Waals surface area contributed by atoms with Crippen molar-refractivity contribution < 1.29 is 14.3 Å². The number of carbonyl (C=O) groups excluding carboxylic acids is 2. The lowest BCUT2D eigenvalue weighted by Crippen LogP contribution is -2.71. The van der Waals surface area contributed by atoms with Crippen molar-refractivity contribution in [2.24, 2.45) is 5.92 Å². The van der Waals surface area contributed by atoms with Crippen LogP contribution in [-0.2, 0) is 9.53 Å². The number of nitrogens with zero attached hydrogens (tertiary/aromatic N) is 2. The number of Topliss-reactive ketones (excluding diaryl/α,β-unsaturated/α-hetero) is 1. The zero-order valence-corrected chi connectivity index (χ0v) is 15.8. The zero-order valence-electron chi connectivity index (χ0n) is 15.8. The van der Waals surface area contributed by atoms with Crippen molar-refractivity contribution in [3.63, 3.8) is 0 Å². The molecule has 0 aromatic carbocycles. The smallest absolute Gasteiger partial charge is 0.320 e. The lowest BCUT2D eigenvalue weighted by molar-refractivity contribution is -0.136. The number of ether oxygens (including phenoxy) is 1. The summed E-state index contributed by atoms with van der Waals surface area (Å²) < 4.78 is 6.17. The van der Waals surface area contributed by atoms with Crippen molar-refractivity contribution in [3.8, 4) is 0 Å². The highest BCUT2D eigenvalue weighted by Crippen LogP contribution is 2.34. The van der Waals surface area contributed by atoms with Crippen molar-refractivity contribution >= 4 is 11.8 Å². The number of carbonyl (C=O) groups is 2. The number of hydrogen-bond acceptors (Lipinski definition) is 7. The SMILES string of the molecule is C[C@@H]1CCCOC2NCNC3NC(=O)N(C4CCC5C(=O)CCN1C5N4)C32. The predicted molar refractivity (Wildman–Crippen MR) is 97.3 cm³/mol. The Kier molecular flexibility index (Phi) is 4.60. The summed E-state index contributed by atoms with van der Waals surface area (Å²) in [5.41, 5.74) is 0. The molecule has 5 fully saturated rings. The third kappa shape index (κ3) is 2.96. The van der Waals surface area contributed by atoms with Crippen LogP contribution >= 0.6 is 0 Å². The number of rotatable bonds is 0. The fourth-order valence-electron chi connectivity index (χ4n) is 5.57. The van der Waals surface area contributed by atoms with E-state index in [1.54, 1.807) is 0 Å². The molecule has 27 heavy (non-hydrogen) atoms. The fourth-order valence-corrected chi connectivity index (χ4v) is 5.57. The standard InChI is InChI=1S/C18H30N6O3/c1-10-3-2-8-27-17-14-15(19-9-20-17)22-18(26)24(14)13-5-4-11-12(25)6-7-23(10)16(11)21-13/h10-11,13-17,19-21H,2-9H2,1H3,(H,22,26)/t10-,11?,13?,14?,15?,16?,17?/m1/s1. The Balaban J connectivity index is 1.47. The number of fused-ring (bicyclic) bond motifs is 2. The van der Waals surface area contributed by atoms with Crippen LogP contribution in [0.4, 0.5) is 4.79 Å².